The molecule has 0 saturated heterocycles. The summed E-state index contributed by atoms with van der Waals surface area (Å²) in [5.74, 6) is 0. The number of rotatable bonds is 2. The smallest absolute Gasteiger partial charge is 0.113 e. The highest BCUT2D eigenvalue weighted by molar-refractivity contribution is 5.75. The minimum Gasteiger partial charge on any atom is -0.389 e. The van der Waals surface area contributed by atoms with Gasteiger partial charge in [0, 0.05) is 0 Å². The van der Waals surface area contributed by atoms with Crippen LogP contribution in [0.2, 0.25) is 0 Å². The number of aliphatic hydroxyl groups excluding tert-OH is 1. The Balaban J connectivity index is 2.09. The van der Waals surface area contributed by atoms with Crippen molar-refractivity contribution in [1.29, 1.82) is 0 Å². The molecule has 3 rings (SSSR count). The molecule has 0 bridgehead atoms. The third-order valence-corrected chi connectivity index (χ3v) is 2.97. The van der Waals surface area contributed by atoms with Crippen molar-refractivity contribution in [2.75, 3.05) is 0 Å². The lowest BCUT2D eigenvalue weighted by molar-refractivity contribution is 0.199. The Kier molecular flexibility index (Phi) is 2.57. The van der Waals surface area contributed by atoms with E-state index in [1.807, 2.05) is 48.5 Å². The van der Waals surface area contributed by atoms with Crippen molar-refractivity contribution in [3.05, 3.63) is 54.1 Å². The van der Waals surface area contributed by atoms with Gasteiger partial charge in [0.15, 0.2) is 0 Å². The van der Waals surface area contributed by atoms with Gasteiger partial charge in [-0.2, -0.15) is 0 Å². The van der Waals surface area contributed by atoms with Crippen LogP contribution >= 0.6 is 0 Å². The Bertz CT molecular complexity index is 671. The maximum Gasteiger partial charge on any atom is 0.113 e. The molecule has 1 atom stereocenters. The van der Waals surface area contributed by atoms with E-state index in [9.17, 15) is 5.11 Å². The van der Waals surface area contributed by atoms with Crippen LogP contribution in [-0.4, -0.2) is 20.1 Å². The van der Waals surface area contributed by atoms with Gasteiger partial charge < -0.3 is 5.11 Å². The predicted molar refractivity (Wildman–Crippen MR) is 69.5 cm³/mol. The van der Waals surface area contributed by atoms with Gasteiger partial charge in [-0.1, -0.05) is 29.5 Å². The van der Waals surface area contributed by atoms with E-state index >= 15 is 0 Å². The van der Waals surface area contributed by atoms with Crippen LogP contribution in [0.3, 0.4) is 0 Å². The van der Waals surface area contributed by atoms with Gasteiger partial charge in [0.1, 0.15) is 5.52 Å². The van der Waals surface area contributed by atoms with Gasteiger partial charge in [-0.15, -0.1) is 5.10 Å². The second kappa shape index (κ2) is 4.23. The lowest BCUT2D eigenvalue weighted by Crippen LogP contribution is -1.97. The van der Waals surface area contributed by atoms with Crippen LogP contribution in [0.15, 0.2) is 48.5 Å². The van der Waals surface area contributed by atoms with Gasteiger partial charge in [-0.25, -0.2) is 4.68 Å². The van der Waals surface area contributed by atoms with E-state index in [1.165, 1.54) is 0 Å². The van der Waals surface area contributed by atoms with E-state index < -0.39 is 6.10 Å². The van der Waals surface area contributed by atoms with Crippen LogP contribution in [0, 0.1) is 0 Å². The topological polar surface area (TPSA) is 50.9 Å². The molecule has 3 aromatic rings. The molecule has 0 amide bonds. The maximum atomic E-state index is 9.48. The lowest BCUT2D eigenvalue weighted by Gasteiger charge is -2.06. The molecular formula is C14H13N3O. The summed E-state index contributed by atoms with van der Waals surface area (Å²) < 4.78 is 1.79. The molecule has 4 heteroatoms. The van der Waals surface area contributed by atoms with Crippen molar-refractivity contribution in [1.82, 2.24) is 15.0 Å². The van der Waals surface area contributed by atoms with Crippen LogP contribution in [0.5, 0.6) is 0 Å². The number of aliphatic hydroxyl groups is 1. The van der Waals surface area contributed by atoms with E-state index in [0.29, 0.717) is 0 Å². The first-order valence-corrected chi connectivity index (χ1v) is 5.84. The summed E-state index contributed by atoms with van der Waals surface area (Å²) >= 11 is 0. The minimum absolute atomic E-state index is 0.452. The monoisotopic (exact) mass is 239 g/mol. The third kappa shape index (κ3) is 1.76. The Labute approximate surface area is 104 Å². The first-order chi connectivity index (χ1) is 8.75. The van der Waals surface area contributed by atoms with E-state index in [1.54, 1.807) is 11.6 Å². The van der Waals surface area contributed by atoms with Gasteiger partial charge in [-0.05, 0) is 36.8 Å². The fraction of sp³-hybridized carbons (Fsp3) is 0.143. The van der Waals surface area contributed by atoms with Crippen molar-refractivity contribution in [3.8, 4) is 5.69 Å². The number of nitrogens with zero attached hydrogens (tertiary/aromatic N) is 3. The standard InChI is InChI=1S/C14H13N3O/c1-10(18)11-6-8-12(9-7-11)17-14-5-3-2-4-13(14)15-16-17/h2-10,18H,1H3. The van der Waals surface area contributed by atoms with Crippen molar-refractivity contribution in [3.63, 3.8) is 0 Å². The quantitative estimate of drug-likeness (QED) is 0.747. The van der Waals surface area contributed by atoms with Crippen LogP contribution in [0.25, 0.3) is 16.7 Å². The second-order valence-electron chi connectivity index (χ2n) is 4.26. The molecule has 1 N–H and O–H groups in total. The van der Waals surface area contributed by atoms with Gasteiger partial charge in [0.2, 0.25) is 0 Å². The highest BCUT2D eigenvalue weighted by atomic mass is 16.3. The molecule has 0 saturated carbocycles. The number of fused-ring (bicyclic) bond motifs is 1. The van der Waals surface area contributed by atoms with Crippen LogP contribution in [0.1, 0.15) is 18.6 Å². The van der Waals surface area contributed by atoms with E-state index in [2.05, 4.69) is 10.3 Å². The molecular weight excluding hydrogens is 226 g/mol. The van der Waals surface area contributed by atoms with Gasteiger partial charge in [-0.3, -0.25) is 0 Å². The fourth-order valence-electron chi connectivity index (χ4n) is 1.95. The number of para-hydroxylation sites is 1. The molecule has 18 heavy (non-hydrogen) atoms. The van der Waals surface area contributed by atoms with Gasteiger partial charge in [0.25, 0.3) is 0 Å². The van der Waals surface area contributed by atoms with Crippen molar-refractivity contribution in [2.45, 2.75) is 13.0 Å². The first-order valence-electron chi connectivity index (χ1n) is 5.84. The van der Waals surface area contributed by atoms with Crippen LogP contribution < -0.4 is 0 Å². The normalized spacial score (nSPS) is 12.8. The summed E-state index contributed by atoms with van der Waals surface area (Å²) in [4.78, 5) is 0. The third-order valence-electron chi connectivity index (χ3n) is 2.97. The highest BCUT2D eigenvalue weighted by Gasteiger charge is 2.06. The maximum absolute atomic E-state index is 9.48. The van der Waals surface area contributed by atoms with Crippen molar-refractivity contribution >= 4 is 11.0 Å². The number of benzene rings is 2. The van der Waals surface area contributed by atoms with Crippen LogP contribution in [-0.2, 0) is 0 Å². The molecule has 1 heterocycles. The average molecular weight is 239 g/mol. The number of hydrogen-bond acceptors (Lipinski definition) is 3. The predicted octanol–water partition coefficient (Wildman–Crippen LogP) is 2.47. The summed E-state index contributed by atoms with van der Waals surface area (Å²) in [6, 6.07) is 15.5. The molecule has 1 aromatic heterocycles. The first kappa shape index (κ1) is 10.9. The van der Waals surface area contributed by atoms with E-state index in [0.717, 1.165) is 22.3 Å². The second-order valence-corrected chi connectivity index (χ2v) is 4.26. The van der Waals surface area contributed by atoms with E-state index in [-0.39, 0.29) is 0 Å². The summed E-state index contributed by atoms with van der Waals surface area (Å²) in [5, 5.41) is 17.7. The Morgan fingerprint density at radius 1 is 1.06 bits per heavy atom. The molecule has 0 spiro atoms. The molecule has 0 fully saturated rings. The van der Waals surface area contributed by atoms with Gasteiger partial charge >= 0.3 is 0 Å². The van der Waals surface area contributed by atoms with Gasteiger partial charge in [0.05, 0.1) is 17.3 Å². The molecule has 2 aromatic carbocycles. The molecule has 0 aliphatic carbocycles. The molecule has 1 unspecified atom stereocenters. The SMILES string of the molecule is CC(O)c1ccc(-n2nnc3ccccc32)cc1. The molecule has 4 nitrogen and oxygen atoms in total. The molecule has 0 aliphatic rings. The van der Waals surface area contributed by atoms with Crippen molar-refractivity contribution < 1.29 is 5.11 Å². The van der Waals surface area contributed by atoms with Crippen molar-refractivity contribution in [2.24, 2.45) is 0 Å². The zero-order chi connectivity index (χ0) is 12.5. The fourth-order valence-corrected chi connectivity index (χ4v) is 1.95. The molecule has 90 valence electrons. The summed E-state index contributed by atoms with van der Waals surface area (Å²) in [5.41, 5.74) is 3.68. The average Bonchev–Trinajstić information content (AvgIpc) is 2.82. The zero-order valence-electron chi connectivity index (χ0n) is 9.99. The minimum atomic E-state index is -0.452. The number of aromatic nitrogens is 3. The Morgan fingerprint density at radius 3 is 2.50 bits per heavy atom. The molecule has 0 aliphatic heterocycles. The van der Waals surface area contributed by atoms with E-state index in [4.69, 9.17) is 0 Å². The molecule has 0 radical (unpaired) electrons. The lowest BCUT2D eigenvalue weighted by atomic mass is 10.1. The zero-order valence-corrected chi connectivity index (χ0v) is 9.99. The highest BCUT2D eigenvalue weighted by Crippen LogP contribution is 2.18. The largest absolute Gasteiger partial charge is 0.389 e. The summed E-state index contributed by atoms with van der Waals surface area (Å²) in [6.07, 6.45) is -0.452. The Hall–Kier alpha value is -2.20. The Morgan fingerprint density at radius 2 is 1.78 bits per heavy atom. The summed E-state index contributed by atoms with van der Waals surface area (Å²) in [7, 11) is 0. The summed E-state index contributed by atoms with van der Waals surface area (Å²) in [6.45, 7) is 1.75. The van der Waals surface area contributed by atoms with Crippen LogP contribution in [0.4, 0.5) is 0 Å². The number of hydrogen-bond donors (Lipinski definition) is 1.